The summed E-state index contributed by atoms with van der Waals surface area (Å²) >= 11 is 13.2. The van der Waals surface area contributed by atoms with Gasteiger partial charge in [0.25, 0.3) is 0 Å². The minimum absolute atomic E-state index is 0.135. The summed E-state index contributed by atoms with van der Waals surface area (Å²) in [5.74, 6) is -0.135. The van der Waals surface area contributed by atoms with Crippen molar-refractivity contribution < 1.29 is 13.5 Å². The van der Waals surface area contributed by atoms with E-state index in [1.165, 1.54) is 6.92 Å². The van der Waals surface area contributed by atoms with E-state index in [2.05, 4.69) is 0 Å². The van der Waals surface area contributed by atoms with Crippen molar-refractivity contribution in [2.45, 2.75) is 15.2 Å². The summed E-state index contributed by atoms with van der Waals surface area (Å²) in [5, 5.41) is 10.6. The van der Waals surface area contributed by atoms with Crippen molar-refractivity contribution in [2.24, 2.45) is 0 Å². The lowest BCUT2D eigenvalue weighted by atomic mass is 10.1. The molecule has 0 aliphatic carbocycles. The van der Waals surface area contributed by atoms with E-state index in [0.717, 1.165) is 0 Å². The first kappa shape index (κ1) is 15.5. The Bertz CT molecular complexity index is 485. The largest absolute Gasteiger partial charge is 0.385 e. The zero-order valence-corrected chi connectivity index (χ0v) is 13.4. The Labute approximate surface area is 124 Å². The maximum Gasteiger partial charge on any atom is 0.225 e. The van der Waals surface area contributed by atoms with Gasteiger partial charge in [0.1, 0.15) is 6.10 Å². The lowest BCUT2D eigenvalue weighted by molar-refractivity contribution is 0.187. The Hall–Kier alpha value is 0.440. The standard InChI is InChI=1S/C10H11Cl2IO3S/c1-2-17(15,16)10(12,13)9(14)7-3-5-8(11)6-4-7/h3-6,9,14H,2H2,1H3/t9-,10-/m1/s1. The molecule has 0 aromatic heterocycles. The highest BCUT2D eigenvalue weighted by Gasteiger charge is 2.45. The van der Waals surface area contributed by atoms with Crippen LogP contribution in [0.4, 0.5) is 0 Å². The highest BCUT2D eigenvalue weighted by molar-refractivity contribution is 14.1. The van der Waals surface area contributed by atoms with Crippen molar-refractivity contribution in [2.75, 3.05) is 5.75 Å². The number of benzene rings is 1. The minimum atomic E-state index is -3.59. The summed E-state index contributed by atoms with van der Waals surface area (Å²) in [6, 6.07) is 6.24. The summed E-state index contributed by atoms with van der Waals surface area (Å²) in [6.07, 6.45) is -1.31. The van der Waals surface area contributed by atoms with Crippen molar-refractivity contribution in [1.82, 2.24) is 0 Å². The molecule has 1 N–H and O–H groups in total. The number of sulfone groups is 1. The second-order valence-electron chi connectivity index (χ2n) is 3.42. The zero-order valence-electron chi connectivity index (χ0n) is 8.90. The molecule has 0 aliphatic rings. The van der Waals surface area contributed by atoms with E-state index in [1.54, 1.807) is 46.9 Å². The van der Waals surface area contributed by atoms with Crippen LogP contribution in [0.3, 0.4) is 0 Å². The minimum Gasteiger partial charge on any atom is -0.385 e. The Morgan fingerprint density at radius 2 is 1.88 bits per heavy atom. The molecule has 3 nitrogen and oxygen atoms in total. The van der Waals surface area contributed by atoms with Crippen LogP contribution in [0.2, 0.25) is 5.02 Å². The number of alkyl halides is 2. The van der Waals surface area contributed by atoms with Crippen LogP contribution < -0.4 is 0 Å². The van der Waals surface area contributed by atoms with Gasteiger partial charge in [-0.1, -0.05) is 42.3 Å². The molecule has 1 aromatic rings. The van der Waals surface area contributed by atoms with Gasteiger partial charge in [0.15, 0.2) is 9.84 Å². The molecule has 0 bridgehead atoms. The Morgan fingerprint density at radius 1 is 1.41 bits per heavy atom. The van der Waals surface area contributed by atoms with E-state index < -0.39 is 18.2 Å². The SMILES string of the molecule is CCS(=O)(=O)[C@](Cl)(I)[C@H](O)c1ccc(Cl)cc1. The summed E-state index contributed by atoms with van der Waals surface area (Å²) in [4.78, 5) is 0. The third-order valence-electron chi connectivity index (χ3n) is 2.30. The van der Waals surface area contributed by atoms with Crippen LogP contribution in [-0.4, -0.2) is 21.5 Å². The van der Waals surface area contributed by atoms with Gasteiger partial charge < -0.3 is 5.11 Å². The molecule has 0 radical (unpaired) electrons. The van der Waals surface area contributed by atoms with Gasteiger partial charge in [0.05, 0.1) is 5.75 Å². The molecule has 1 aromatic carbocycles. The van der Waals surface area contributed by atoms with E-state index >= 15 is 0 Å². The van der Waals surface area contributed by atoms with Gasteiger partial charge in [-0.25, -0.2) is 8.42 Å². The van der Waals surface area contributed by atoms with Crippen LogP contribution in [0.5, 0.6) is 0 Å². The van der Waals surface area contributed by atoms with Gasteiger partial charge in [0, 0.05) is 5.02 Å². The van der Waals surface area contributed by atoms with Crippen LogP contribution in [0.15, 0.2) is 24.3 Å². The van der Waals surface area contributed by atoms with Crippen LogP contribution in [0, 0.1) is 0 Å². The number of aliphatic hydroxyl groups excluding tert-OH is 1. The number of rotatable bonds is 4. The lowest BCUT2D eigenvalue weighted by Gasteiger charge is -2.25. The second kappa shape index (κ2) is 5.61. The van der Waals surface area contributed by atoms with Crippen molar-refractivity contribution in [3.63, 3.8) is 0 Å². The average molecular weight is 409 g/mol. The topological polar surface area (TPSA) is 54.4 Å². The summed E-state index contributed by atoms with van der Waals surface area (Å²) < 4.78 is 21.8. The van der Waals surface area contributed by atoms with Crippen LogP contribution in [0.25, 0.3) is 0 Å². The predicted molar refractivity (Wildman–Crippen MR) is 78.5 cm³/mol. The van der Waals surface area contributed by atoms with Crippen LogP contribution >= 0.6 is 45.8 Å². The molecule has 0 saturated carbocycles. The first-order valence-corrected chi connectivity index (χ1v) is 8.24. The van der Waals surface area contributed by atoms with Gasteiger partial charge in [-0.3, -0.25) is 0 Å². The van der Waals surface area contributed by atoms with Crippen LogP contribution in [-0.2, 0) is 9.84 Å². The van der Waals surface area contributed by atoms with Gasteiger partial charge in [0.2, 0.25) is 2.21 Å². The first-order chi connectivity index (χ1) is 7.72. The smallest absolute Gasteiger partial charge is 0.225 e. The fraction of sp³-hybridized carbons (Fsp3) is 0.400. The lowest BCUT2D eigenvalue weighted by Crippen LogP contribution is -2.34. The van der Waals surface area contributed by atoms with Gasteiger partial charge in [-0.2, -0.15) is 0 Å². The molecular weight excluding hydrogens is 398 g/mol. The second-order valence-corrected chi connectivity index (χ2v) is 10.2. The van der Waals surface area contributed by atoms with Crippen molar-refractivity contribution in [1.29, 1.82) is 0 Å². The van der Waals surface area contributed by atoms with Crippen molar-refractivity contribution in [3.05, 3.63) is 34.9 Å². The summed E-state index contributed by atoms with van der Waals surface area (Å²) in [7, 11) is -3.59. The Balaban J connectivity index is 3.12. The third-order valence-corrected chi connectivity index (χ3v) is 7.88. The van der Waals surface area contributed by atoms with E-state index in [1.807, 2.05) is 0 Å². The Morgan fingerprint density at radius 3 is 2.29 bits per heavy atom. The summed E-state index contributed by atoms with van der Waals surface area (Å²) in [5.41, 5.74) is 0.413. The fourth-order valence-corrected chi connectivity index (χ4v) is 3.94. The highest BCUT2D eigenvalue weighted by Crippen LogP contribution is 2.43. The molecule has 17 heavy (non-hydrogen) atoms. The highest BCUT2D eigenvalue weighted by atomic mass is 127. The third kappa shape index (κ3) is 3.26. The molecule has 0 amide bonds. The Kier molecular flexibility index (Phi) is 5.11. The number of halogens is 3. The normalized spacial score (nSPS) is 17.5. The molecule has 0 heterocycles. The maximum absolute atomic E-state index is 11.8. The molecule has 0 unspecified atom stereocenters. The number of hydrogen-bond acceptors (Lipinski definition) is 3. The molecule has 1 rings (SSSR count). The van der Waals surface area contributed by atoms with E-state index in [4.69, 9.17) is 23.2 Å². The maximum atomic E-state index is 11.8. The fourth-order valence-electron chi connectivity index (χ4n) is 1.20. The van der Waals surface area contributed by atoms with Gasteiger partial charge >= 0.3 is 0 Å². The van der Waals surface area contributed by atoms with E-state index in [9.17, 15) is 13.5 Å². The van der Waals surface area contributed by atoms with Gasteiger partial charge in [-0.15, -0.1) is 0 Å². The average Bonchev–Trinajstić information content (AvgIpc) is 2.28. The predicted octanol–water partition coefficient (Wildman–Crippen LogP) is 3.14. The molecule has 7 heteroatoms. The van der Waals surface area contributed by atoms with Crippen molar-refractivity contribution in [3.8, 4) is 0 Å². The molecule has 0 fully saturated rings. The molecule has 96 valence electrons. The monoisotopic (exact) mass is 408 g/mol. The molecule has 0 saturated heterocycles. The zero-order chi connectivity index (χ0) is 13.3. The number of aliphatic hydroxyl groups is 1. The van der Waals surface area contributed by atoms with E-state index in [0.29, 0.717) is 10.6 Å². The molecular formula is C10H11Cl2IO3S. The molecule has 0 aliphatic heterocycles. The molecule has 0 spiro atoms. The first-order valence-electron chi connectivity index (χ1n) is 4.76. The summed E-state index contributed by atoms with van der Waals surface area (Å²) in [6.45, 7) is 1.49. The van der Waals surface area contributed by atoms with Crippen LogP contribution in [0.1, 0.15) is 18.6 Å². The van der Waals surface area contributed by atoms with Crippen molar-refractivity contribution >= 4 is 55.6 Å². The number of hydrogen-bond donors (Lipinski definition) is 1. The quantitative estimate of drug-likeness (QED) is 0.615. The van der Waals surface area contributed by atoms with Gasteiger partial charge in [-0.05, 0) is 40.3 Å². The molecule has 2 atom stereocenters. The van der Waals surface area contributed by atoms with E-state index in [-0.39, 0.29) is 5.75 Å².